The highest BCUT2D eigenvalue weighted by Gasteiger charge is 2.59. The number of carbonyl (C=O) groups excluding carboxylic acids is 2. The van der Waals surface area contributed by atoms with Gasteiger partial charge in [-0.3, -0.25) is 9.69 Å². The van der Waals surface area contributed by atoms with Gasteiger partial charge in [-0.1, -0.05) is 0 Å². The zero-order chi connectivity index (χ0) is 36.5. The van der Waals surface area contributed by atoms with Crippen LogP contribution in [-0.4, -0.2) is 131 Å². The molecular formula is C36H39F4N9O4. The number of rotatable bonds is 7. The van der Waals surface area contributed by atoms with E-state index < -0.39 is 54.9 Å². The molecule has 3 aromatic rings. The van der Waals surface area contributed by atoms with Gasteiger partial charge in [0.05, 0.1) is 38.5 Å². The maximum absolute atomic E-state index is 15.0. The molecule has 4 bridgehead atoms. The summed E-state index contributed by atoms with van der Waals surface area (Å²) in [5, 5.41) is 5.53. The predicted octanol–water partition coefficient (Wildman–Crippen LogP) is 4.33. The first-order valence-corrected chi connectivity index (χ1v) is 18.1. The van der Waals surface area contributed by atoms with Crippen molar-refractivity contribution in [2.75, 3.05) is 73.0 Å². The van der Waals surface area contributed by atoms with Crippen LogP contribution in [0.2, 0.25) is 0 Å². The number of fused-ring (bicyclic) bond motifs is 4. The van der Waals surface area contributed by atoms with Crippen LogP contribution in [0.5, 0.6) is 0 Å². The van der Waals surface area contributed by atoms with Crippen molar-refractivity contribution < 1.29 is 36.6 Å². The minimum Gasteiger partial charge on any atom is -0.377 e. The third kappa shape index (κ3) is 6.52. The maximum atomic E-state index is 15.0. The number of morpholine rings is 2. The molecule has 6 fully saturated rings. The summed E-state index contributed by atoms with van der Waals surface area (Å²) in [5.74, 6) is -6.06. The highest BCUT2D eigenvalue weighted by atomic mass is 19.3. The molecule has 6 heterocycles. The number of hydrogen-bond donors (Lipinski definition) is 2. The van der Waals surface area contributed by atoms with Crippen molar-refractivity contribution in [3.05, 3.63) is 54.1 Å². The molecule has 2 N–H and O–H groups in total. The number of ether oxygens (including phenoxy) is 2. The number of benzene rings is 2. The Morgan fingerprint density at radius 1 is 0.660 bits per heavy atom. The summed E-state index contributed by atoms with van der Waals surface area (Å²) in [6, 6.07) is 9.49. The van der Waals surface area contributed by atoms with Gasteiger partial charge in [0.2, 0.25) is 11.9 Å². The summed E-state index contributed by atoms with van der Waals surface area (Å²) in [4.78, 5) is 46.8. The number of carbonyl (C=O) groups is 2. The molecular weight excluding hydrogens is 698 g/mol. The second-order valence-corrected chi connectivity index (χ2v) is 14.7. The van der Waals surface area contributed by atoms with Crippen molar-refractivity contribution in [2.45, 2.75) is 67.7 Å². The molecule has 280 valence electrons. The third-order valence-corrected chi connectivity index (χ3v) is 11.1. The van der Waals surface area contributed by atoms with Crippen molar-refractivity contribution in [1.82, 2.24) is 24.8 Å². The SMILES string of the molecule is O=C(Nc1ccc(C(=O)N2CCN(C3CC3)CC2)cc1)Nc1ccc(-c2nc(N3C4COCC3C(F)(F)C4)nc(N3C4COCC3C(F)(F)C4)n2)cc1. The van der Waals surface area contributed by atoms with Crippen LogP contribution in [0.4, 0.5) is 45.6 Å². The fraction of sp³-hybridized carbons (Fsp3) is 0.528. The average molecular weight is 738 g/mol. The number of urea groups is 1. The lowest BCUT2D eigenvalue weighted by atomic mass is 10.1. The number of halogens is 4. The highest BCUT2D eigenvalue weighted by molar-refractivity contribution is 6.00. The molecule has 4 atom stereocenters. The molecule has 0 spiro atoms. The summed E-state index contributed by atoms with van der Waals surface area (Å²) < 4.78 is 70.9. The van der Waals surface area contributed by atoms with Crippen molar-refractivity contribution in [1.29, 1.82) is 0 Å². The molecule has 1 aromatic heterocycles. The van der Waals surface area contributed by atoms with Crippen molar-refractivity contribution in [3.8, 4) is 11.4 Å². The van der Waals surface area contributed by atoms with Crippen LogP contribution in [0, 0.1) is 0 Å². The molecule has 53 heavy (non-hydrogen) atoms. The van der Waals surface area contributed by atoms with E-state index in [1.165, 1.54) is 22.6 Å². The van der Waals surface area contributed by atoms with Gasteiger partial charge in [-0.25, -0.2) is 22.4 Å². The fourth-order valence-corrected chi connectivity index (χ4v) is 8.25. The average Bonchev–Trinajstić information content (AvgIpc) is 3.96. The zero-order valence-electron chi connectivity index (χ0n) is 28.8. The van der Waals surface area contributed by atoms with E-state index in [2.05, 4.69) is 30.5 Å². The molecule has 3 amide bonds. The maximum Gasteiger partial charge on any atom is 0.323 e. The van der Waals surface area contributed by atoms with E-state index >= 15 is 17.6 Å². The minimum absolute atomic E-state index is 0.0277. The lowest BCUT2D eigenvalue weighted by Crippen LogP contribution is -2.52. The first-order valence-electron chi connectivity index (χ1n) is 18.1. The van der Waals surface area contributed by atoms with E-state index in [9.17, 15) is 9.59 Å². The molecule has 5 saturated heterocycles. The van der Waals surface area contributed by atoms with Crippen LogP contribution in [0.15, 0.2) is 48.5 Å². The highest BCUT2D eigenvalue weighted by Crippen LogP contribution is 2.46. The van der Waals surface area contributed by atoms with Gasteiger partial charge in [-0.15, -0.1) is 0 Å². The lowest BCUT2D eigenvalue weighted by Gasteiger charge is -2.37. The summed E-state index contributed by atoms with van der Waals surface area (Å²) >= 11 is 0. The number of amides is 3. The van der Waals surface area contributed by atoms with E-state index in [0.29, 0.717) is 41.6 Å². The van der Waals surface area contributed by atoms with Crippen LogP contribution in [0.25, 0.3) is 11.4 Å². The topological polar surface area (TPSA) is 128 Å². The van der Waals surface area contributed by atoms with Crippen LogP contribution >= 0.6 is 0 Å². The van der Waals surface area contributed by atoms with Gasteiger partial charge in [0.15, 0.2) is 5.82 Å². The minimum atomic E-state index is -3.04. The number of nitrogens with one attached hydrogen (secondary N) is 2. The summed E-state index contributed by atoms with van der Waals surface area (Å²) in [7, 11) is 0. The quantitative estimate of drug-likeness (QED) is 0.339. The normalized spacial score (nSPS) is 27.5. The monoisotopic (exact) mass is 737 g/mol. The van der Waals surface area contributed by atoms with E-state index in [-0.39, 0.29) is 50.1 Å². The predicted molar refractivity (Wildman–Crippen MR) is 186 cm³/mol. The number of hydrogen-bond acceptors (Lipinski definition) is 10. The van der Waals surface area contributed by atoms with Crippen LogP contribution in [-0.2, 0) is 9.47 Å². The van der Waals surface area contributed by atoms with Crippen molar-refractivity contribution in [2.24, 2.45) is 0 Å². The number of anilines is 4. The van der Waals surface area contributed by atoms with Crippen LogP contribution < -0.4 is 20.4 Å². The van der Waals surface area contributed by atoms with Gasteiger partial charge in [0.25, 0.3) is 17.8 Å². The number of nitrogens with zero attached hydrogens (tertiary/aromatic N) is 7. The van der Waals surface area contributed by atoms with Gasteiger partial charge < -0.3 is 34.8 Å². The second-order valence-electron chi connectivity index (χ2n) is 14.7. The molecule has 6 aliphatic rings. The number of aromatic nitrogens is 3. The number of piperazine rings is 1. The molecule has 1 saturated carbocycles. The molecule has 2 aromatic carbocycles. The number of alkyl halides is 4. The van der Waals surface area contributed by atoms with Crippen LogP contribution in [0.1, 0.15) is 36.0 Å². The van der Waals surface area contributed by atoms with Gasteiger partial charge in [-0.2, -0.15) is 15.0 Å². The fourth-order valence-electron chi connectivity index (χ4n) is 8.25. The molecule has 13 nitrogen and oxygen atoms in total. The van der Waals surface area contributed by atoms with E-state index in [1.807, 2.05) is 4.90 Å². The van der Waals surface area contributed by atoms with Crippen molar-refractivity contribution >= 4 is 35.2 Å². The van der Waals surface area contributed by atoms with Gasteiger partial charge in [-0.05, 0) is 61.4 Å². The summed E-state index contributed by atoms with van der Waals surface area (Å²) in [6.45, 7) is 2.87. The third-order valence-electron chi connectivity index (χ3n) is 11.1. The van der Waals surface area contributed by atoms with Gasteiger partial charge in [0, 0.05) is 67.6 Å². The smallest absolute Gasteiger partial charge is 0.323 e. The zero-order valence-corrected chi connectivity index (χ0v) is 28.8. The molecule has 5 aliphatic heterocycles. The molecule has 4 unspecified atom stereocenters. The molecule has 9 rings (SSSR count). The van der Waals surface area contributed by atoms with Crippen molar-refractivity contribution in [3.63, 3.8) is 0 Å². The Morgan fingerprint density at radius 2 is 1.17 bits per heavy atom. The Labute approximate surface area is 302 Å². The summed E-state index contributed by atoms with van der Waals surface area (Å²) in [5.41, 5.74) is 1.97. The largest absolute Gasteiger partial charge is 0.377 e. The molecule has 0 radical (unpaired) electrons. The Kier molecular flexibility index (Phi) is 8.42. The van der Waals surface area contributed by atoms with E-state index in [1.54, 1.807) is 48.5 Å². The first kappa shape index (κ1) is 34.2. The Hall–Kier alpha value is -4.61. The molecule has 1 aliphatic carbocycles. The molecule has 17 heteroatoms. The Balaban J connectivity index is 0.901. The first-order chi connectivity index (χ1) is 25.5. The second kappa shape index (κ2) is 13.1. The summed E-state index contributed by atoms with van der Waals surface area (Å²) in [6.07, 6.45) is 1.63. The van der Waals surface area contributed by atoms with Crippen LogP contribution in [0.3, 0.4) is 0 Å². The van der Waals surface area contributed by atoms with Gasteiger partial charge >= 0.3 is 6.03 Å². The van der Waals surface area contributed by atoms with E-state index in [0.717, 1.165) is 13.1 Å². The Morgan fingerprint density at radius 3 is 1.66 bits per heavy atom. The lowest BCUT2D eigenvalue weighted by molar-refractivity contribution is -0.0248. The van der Waals surface area contributed by atoms with E-state index in [4.69, 9.17) is 9.47 Å². The van der Waals surface area contributed by atoms with Gasteiger partial charge in [0.1, 0.15) is 12.1 Å². The standard InChI is InChI=1S/C36H39F4N9O4/c37-35(38)15-26-17-52-19-28(35)48(26)32-43-30(44-33(45-32)49-27-16-36(39,40)29(49)20-53-18-27)21-1-5-23(6-2-21)41-34(51)42-24-7-3-22(4-8-24)31(50)47-13-11-46(12-14-47)25-9-10-25/h1-8,25-29H,9-20H2,(H2,41,42,51). The Bertz CT molecular complexity index is 1820.